The van der Waals surface area contributed by atoms with Crippen LogP contribution >= 0.6 is 11.6 Å². The van der Waals surface area contributed by atoms with E-state index in [0.717, 1.165) is 0 Å². The normalized spacial score (nSPS) is 10.4. The molecule has 1 aromatic carbocycles. The summed E-state index contributed by atoms with van der Waals surface area (Å²) in [7, 11) is 1.74. The molecule has 1 aromatic rings. The molecule has 17 heavy (non-hydrogen) atoms. The number of ether oxygens (including phenoxy) is 1. The van der Waals surface area contributed by atoms with Crippen LogP contribution in [0.1, 0.15) is 13.8 Å². The molecule has 0 atom stereocenters. The van der Waals surface area contributed by atoms with E-state index >= 15 is 0 Å². The number of carbonyl (C=O) groups is 1. The van der Waals surface area contributed by atoms with Crippen molar-refractivity contribution in [3.8, 4) is 5.75 Å². The summed E-state index contributed by atoms with van der Waals surface area (Å²) in [5, 5.41) is 0.407. The number of anilines is 1. The van der Waals surface area contributed by atoms with Crippen LogP contribution in [0.25, 0.3) is 0 Å². The molecular weight excluding hydrogens is 240 g/mol. The van der Waals surface area contributed by atoms with Gasteiger partial charge in [-0.1, -0.05) is 11.6 Å². The number of rotatable bonds is 4. The van der Waals surface area contributed by atoms with Gasteiger partial charge in [0.2, 0.25) is 0 Å². The third-order valence-electron chi connectivity index (χ3n) is 2.48. The Balaban J connectivity index is 2.59. The molecule has 0 fully saturated rings. The number of amides is 1. The van der Waals surface area contributed by atoms with E-state index in [1.165, 1.54) is 0 Å². The topological polar surface area (TPSA) is 55.6 Å². The Morgan fingerprint density at radius 1 is 1.53 bits per heavy atom. The second kappa shape index (κ2) is 5.77. The minimum Gasteiger partial charge on any atom is -0.482 e. The second-order valence-corrected chi connectivity index (χ2v) is 4.48. The van der Waals surface area contributed by atoms with Gasteiger partial charge in [0.25, 0.3) is 5.91 Å². The third-order valence-corrected chi connectivity index (χ3v) is 2.77. The van der Waals surface area contributed by atoms with Gasteiger partial charge in [-0.25, -0.2) is 0 Å². The highest BCUT2D eigenvalue weighted by Gasteiger charge is 2.13. The highest BCUT2D eigenvalue weighted by Crippen LogP contribution is 2.26. The van der Waals surface area contributed by atoms with Crippen LogP contribution in [0.2, 0.25) is 5.02 Å². The zero-order valence-corrected chi connectivity index (χ0v) is 11.0. The molecule has 0 aliphatic rings. The summed E-state index contributed by atoms with van der Waals surface area (Å²) in [4.78, 5) is 13.3. The molecule has 0 saturated heterocycles. The van der Waals surface area contributed by atoms with E-state index in [1.54, 1.807) is 30.1 Å². The molecule has 0 aliphatic heterocycles. The van der Waals surface area contributed by atoms with Crippen molar-refractivity contribution in [2.45, 2.75) is 19.9 Å². The fourth-order valence-corrected chi connectivity index (χ4v) is 1.41. The molecule has 0 spiro atoms. The monoisotopic (exact) mass is 256 g/mol. The van der Waals surface area contributed by atoms with Gasteiger partial charge < -0.3 is 15.4 Å². The maximum atomic E-state index is 11.7. The largest absolute Gasteiger partial charge is 0.482 e. The van der Waals surface area contributed by atoms with Crippen LogP contribution in [0.3, 0.4) is 0 Å². The maximum absolute atomic E-state index is 11.7. The lowest BCUT2D eigenvalue weighted by Crippen LogP contribution is -2.36. The Morgan fingerprint density at radius 3 is 2.71 bits per heavy atom. The molecule has 0 aliphatic carbocycles. The van der Waals surface area contributed by atoms with Crippen molar-refractivity contribution in [2.24, 2.45) is 0 Å². The van der Waals surface area contributed by atoms with E-state index < -0.39 is 0 Å². The van der Waals surface area contributed by atoms with Gasteiger partial charge in [0.1, 0.15) is 5.75 Å². The quantitative estimate of drug-likeness (QED) is 0.840. The van der Waals surface area contributed by atoms with Crippen LogP contribution in [0.15, 0.2) is 18.2 Å². The van der Waals surface area contributed by atoms with Crippen molar-refractivity contribution in [3.63, 3.8) is 0 Å². The molecule has 0 radical (unpaired) electrons. The SMILES string of the molecule is CC(C)N(C)C(=O)COc1ccc(N)cc1Cl. The molecule has 0 heterocycles. The zero-order chi connectivity index (χ0) is 13.0. The lowest BCUT2D eigenvalue weighted by atomic mass is 10.3. The Bertz CT molecular complexity index is 407. The average Bonchev–Trinajstić information content (AvgIpc) is 2.26. The number of benzene rings is 1. The highest BCUT2D eigenvalue weighted by atomic mass is 35.5. The zero-order valence-electron chi connectivity index (χ0n) is 10.2. The fraction of sp³-hybridized carbons (Fsp3) is 0.417. The molecule has 5 heteroatoms. The van der Waals surface area contributed by atoms with Gasteiger partial charge in [-0.05, 0) is 32.0 Å². The van der Waals surface area contributed by atoms with Gasteiger partial charge in [0.05, 0.1) is 5.02 Å². The van der Waals surface area contributed by atoms with E-state index in [0.29, 0.717) is 16.5 Å². The molecule has 1 rings (SSSR count). The summed E-state index contributed by atoms with van der Waals surface area (Å²) < 4.78 is 5.35. The number of likely N-dealkylation sites (N-methyl/N-ethyl adjacent to an activating group) is 1. The van der Waals surface area contributed by atoms with Crippen LogP contribution in [0, 0.1) is 0 Å². The fourth-order valence-electron chi connectivity index (χ4n) is 1.16. The molecule has 0 saturated carbocycles. The van der Waals surface area contributed by atoms with Gasteiger partial charge in [0, 0.05) is 18.8 Å². The Kier molecular flexibility index (Phi) is 4.63. The van der Waals surface area contributed by atoms with Crippen LogP contribution in [-0.4, -0.2) is 30.5 Å². The molecule has 2 N–H and O–H groups in total. The predicted molar refractivity (Wildman–Crippen MR) is 69.3 cm³/mol. The number of hydrogen-bond acceptors (Lipinski definition) is 3. The molecule has 94 valence electrons. The van der Waals surface area contributed by atoms with Crippen molar-refractivity contribution in [3.05, 3.63) is 23.2 Å². The van der Waals surface area contributed by atoms with Crippen molar-refractivity contribution < 1.29 is 9.53 Å². The standard InChI is InChI=1S/C12H17ClN2O2/c1-8(2)15(3)12(16)7-17-11-5-4-9(14)6-10(11)13/h4-6,8H,7,14H2,1-3H3. The number of nitrogens with zero attached hydrogens (tertiary/aromatic N) is 1. The predicted octanol–water partition coefficient (Wildman–Crippen LogP) is 2.17. The van der Waals surface area contributed by atoms with E-state index in [-0.39, 0.29) is 18.6 Å². The first kappa shape index (κ1) is 13.6. The van der Waals surface area contributed by atoms with Crippen LogP contribution in [0.4, 0.5) is 5.69 Å². The second-order valence-electron chi connectivity index (χ2n) is 4.08. The van der Waals surface area contributed by atoms with Crippen molar-refractivity contribution in [1.82, 2.24) is 4.90 Å². The molecule has 0 aromatic heterocycles. The Labute approximate surface area is 106 Å². The molecule has 4 nitrogen and oxygen atoms in total. The van der Waals surface area contributed by atoms with Crippen LogP contribution in [0.5, 0.6) is 5.75 Å². The minimum atomic E-state index is -0.0899. The summed E-state index contributed by atoms with van der Waals surface area (Å²) in [6.07, 6.45) is 0. The van der Waals surface area contributed by atoms with Gasteiger partial charge in [-0.15, -0.1) is 0 Å². The number of carbonyl (C=O) groups excluding carboxylic acids is 1. The van der Waals surface area contributed by atoms with Crippen molar-refractivity contribution in [2.75, 3.05) is 19.4 Å². The molecule has 0 bridgehead atoms. The van der Waals surface area contributed by atoms with Crippen molar-refractivity contribution >= 4 is 23.2 Å². The first-order valence-corrected chi connectivity index (χ1v) is 5.73. The smallest absolute Gasteiger partial charge is 0.260 e. The summed E-state index contributed by atoms with van der Waals surface area (Å²) in [5.74, 6) is 0.374. The van der Waals surface area contributed by atoms with E-state index in [9.17, 15) is 4.79 Å². The van der Waals surface area contributed by atoms with E-state index in [1.807, 2.05) is 13.8 Å². The summed E-state index contributed by atoms with van der Waals surface area (Å²) in [5.41, 5.74) is 6.12. The van der Waals surface area contributed by atoms with E-state index in [4.69, 9.17) is 22.1 Å². The lowest BCUT2D eigenvalue weighted by Gasteiger charge is -2.21. The maximum Gasteiger partial charge on any atom is 0.260 e. The average molecular weight is 257 g/mol. The third kappa shape index (κ3) is 3.82. The van der Waals surface area contributed by atoms with Gasteiger partial charge in [-0.3, -0.25) is 4.79 Å². The molecule has 1 amide bonds. The minimum absolute atomic E-state index is 0.0294. The van der Waals surface area contributed by atoms with Gasteiger partial charge >= 0.3 is 0 Å². The molecular formula is C12H17ClN2O2. The number of hydrogen-bond donors (Lipinski definition) is 1. The summed E-state index contributed by atoms with van der Waals surface area (Å²) in [6.45, 7) is 3.85. The first-order chi connectivity index (χ1) is 7.91. The number of nitrogen functional groups attached to an aromatic ring is 1. The van der Waals surface area contributed by atoms with Crippen LogP contribution in [-0.2, 0) is 4.79 Å². The van der Waals surface area contributed by atoms with Crippen molar-refractivity contribution in [1.29, 1.82) is 0 Å². The Hall–Kier alpha value is -1.42. The summed E-state index contributed by atoms with van der Waals surface area (Å²) >= 11 is 5.93. The highest BCUT2D eigenvalue weighted by molar-refractivity contribution is 6.32. The number of nitrogens with two attached hydrogens (primary N) is 1. The molecule has 0 unspecified atom stereocenters. The van der Waals surface area contributed by atoms with Gasteiger partial charge in [-0.2, -0.15) is 0 Å². The first-order valence-electron chi connectivity index (χ1n) is 5.35. The summed E-state index contributed by atoms with van der Waals surface area (Å²) in [6, 6.07) is 5.07. The lowest BCUT2D eigenvalue weighted by molar-refractivity contribution is -0.133. The van der Waals surface area contributed by atoms with E-state index in [2.05, 4.69) is 0 Å². The number of halogens is 1. The Morgan fingerprint density at radius 2 is 2.18 bits per heavy atom. The van der Waals surface area contributed by atoms with Gasteiger partial charge in [0.15, 0.2) is 6.61 Å². The van der Waals surface area contributed by atoms with Crippen LogP contribution < -0.4 is 10.5 Å².